The predicted octanol–water partition coefficient (Wildman–Crippen LogP) is 8.46. The molecule has 0 saturated heterocycles. The molecule has 0 saturated carbocycles. The van der Waals surface area contributed by atoms with Gasteiger partial charge in [0.25, 0.3) is 0 Å². The number of aryl methyl sites for hydroxylation is 2. The molecule has 0 fully saturated rings. The Kier molecular flexibility index (Phi) is 21.8. The standard InChI is InChI=1S/C36H62N4O6/c1-5-9-13-17-29-43-31(19-15-11-7-3)21-25-39-27-23-37-35(39)45-33(41)34(42)46-36-38-24-28-40(36)26-22-32(20-16-12-8-4)44-30-18-14-10-6-2/h23-24,27-28,31-32H,5-22,25-26,29-30H2,1-4H3. The van der Waals surface area contributed by atoms with Crippen LogP contribution >= 0.6 is 0 Å². The highest BCUT2D eigenvalue weighted by atomic mass is 16.6. The van der Waals surface area contributed by atoms with Crippen molar-refractivity contribution in [2.24, 2.45) is 0 Å². The molecular formula is C36H62N4O6. The van der Waals surface area contributed by atoms with Crippen LogP contribution in [0.1, 0.15) is 143 Å². The van der Waals surface area contributed by atoms with Crippen LogP contribution < -0.4 is 9.47 Å². The molecule has 0 radical (unpaired) electrons. The number of hydrogen-bond donors (Lipinski definition) is 0. The summed E-state index contributed by atoms with van der Waals surface area (Å²) in [6.07, 6.45) is 26.7. The smallest absolute Gasteiger partial charge is 0.383 e. The normalized spacial score (nSPS) is 12.7. The Balaban J connectivity index is 1.88. The predicted molar refractivity (Wildman–Crippen MR) is 181 cm³/mol. The number of carbonyl (C=O) groups excluding carboxylic acids is 2. The van der Waals surface area contributed by atoms with Gasteiger partial charge in [0.2, 0.25) is 0 Å². The minimum absolute atomic E-state index is 0.0616. The fourth-order valence-corrected chi connectivity index (χ4v) is 5.38. The Morgan fingerprint density at radius 1 is 0.565 bits per heavy atom. The summed E-state index contributed by atoms with van der Waals surface area (Å²) < 4.78 is 26.6. The molecule has 2 atom stereocenters. The van der Waals surface area contributed by atoms with E-state index < -0.39 is 11.9 Å². The minimum atomic E-state index is -1.14. The molecule has 10 nitrogen and oxygen atoms in total. The molecule has 10 heteroatoms. The van der Waals surface area contributed by atoms with Crippen molar-refractivity contribution < 1.29 is 28.5 Å². The number of hydrogen-bond acceptors (Lipinski definition) is 8. The first kappa shape index (κ1) is 39.5. The van der Waals surface area contributed by atoms with E-state index in [2.05, 4.69) is 37.7 Å². The lowest BCUT2D eigenvalue weighted by Crippen LogP contribution is -2.28. The van der Waals surface area contributed by atoms with E-state index in [-0.39, 0.29) is 24.2 Å². The Bertz CT molecular complexity index is 973. The highest BCUT2D eigenvalue weighted by Gasteiger charge is 2.24. The topological polar surface area (TPSA) is 107 Å². The van der Waals surface area contributed by atoms with Gasteiger partial charge >= 0.3 is 24.0 Å². The lowest BCUT2D eigenvalue weighted by atomic mass is 10.1. The van der Waals surface area contributed by atoms with E-state index >= 15 is 0 Å². The van der Waals surface area contributed by atoms with Gasteiger partial charge in [-0.3, -0.25) is 0 Å². The first-order chi connectivity index (χ1) is 22.5. The van der Waals surface area contributed by atoms with Gasteiger partial charge < -0.3 is 28.1 Å². The van der Waals surface area contributed by atoms with E-state index in [1.165, 1.54) is 51.4 Å². The summed E-state index contributed by atoms with van der Waals surface area (Å²) in [6, 6.07) is 0.123. The lowest BCUT2D eigenvalue weighted by Gasteiger charge is -2.19. The van der Waals surface area contributed by atoms with Gasteiger partial charge in [-0.15, -0.1) is 0 Å². The van der Waals surface area contributed by atoms with Crippen LogP contribution in [0.2, 0.25) is 0 Å². The second kappa shape index (κ2) is 25.4. The SMILES string of the molecule is CCCCCCOC(CCCCC)CCn1ccnc1OC(=O)C(=O)Oc1nccn1CCC(CCCCC)OCCCCCC. The Labute approximate surface area is 277 Å². The zero-order chi connectivity index (χ0) is 33.2. The number of unbranched alkanes of at least 4 members (excludes halogenated alkanes) is 10. The summed E-state index contributed by atoms with van der Waals surface area (Å²) in [7, 11) is 0. The van der Waals surface area contributed by atoms with Crippen molar-refractivity contribution in [3.63, 3.8) is 0 Å². The van der Waals surface area contributed by atoms with E-state index in [9.17, 15) is 9.59 Å². The average Bonchev–Trinajstić information content (AvgIpc) is 3.70. The van der Waals surface area contributed by atoms with Crippen LogP contribution in [0.25, 0.3) is 0 Å². The third-order valence-electron chi connectivity index (χ3n) is 8.24. The third kappa shape index (κ3) is 16.7. The average molecular weight is 647 g/mol. The zero-order valence-corrected chi connectivity index (χ0v) is 29.3. The maximum absolute atomic E-state index is 12.7. The number of ether oxygens (including phenoxy) is 4. The van der Waals surface area contributed by atoms with E-state index in [4.69, 9.17) is 18.9 Å². The number of nitrogens with zero attached hydrogens (tertiary/aromatic N) is 4. The van der Waals surface area contributed by atoms with E-state index in [0.717, 1.165) is 77.4 Å². The molecule has 0 N–H and O–H groups in total. The molecule has 262 valence electrons. The second-order valence-electron chi connectivity index (χ2n) is 12.3. The van der Waals surface area contributed by atoms with Crippen molar-refractivity contribution in [3.8, 4) is 12.0 Å². The van der Waals surface area contributed by atoms with Gasteiger partial charge in [0, 0.05) is 51.1 Å². The van der Waals surface area contributed by atoms with Crippen LogP contribution in [0.15, 0.2) is 24.8 Å². The quantitative estimate of drug-likeness (QED) is 0.0515. The summed E-state index contributed by atoms with van der Waals surface area (Å²) in [4.78, 5) is 33.7. The van der Waals surface area contributed by atoms with Gasteiger partial charge in [0.05, 0.1) is 12.2 Å². The molecule has 0 aromatic carbocycles. The monoisotopic (exact) mass is 646 g/mol. The van der Waals surface area contributed by atoms with Gasteiger partial charge in [-0.05, 0) is 38.5 Å². The van der Waals surface area contributed by atoms with E-state index in [0.29, 0.717) is 13.1 Å². The summed E-state index contributed by atoms with van der Waals surface area (Å²) in [5, 5.41) is 0. The largest absolute Gasteiger partial charge is 0.425 e. The molecular weight excluding hydrogens is 584 g/mol. The van der Waals surface area contributed by atoms with Gasteiger partial charge in [-0.1, -0.05) is 105 Å². The number of imidazole rings is 2. The molecule has 0 spiro atoms. The van der Waals surface area contributed by atoms with Gasteiger partial charge in [0.15, 0.2) is 0 Å². The first-order valence-corrected chi connectivity index (χ1v) is 18.2. The summed E-state index contributed by atoms with van der Waals surface area (Å²) in [5.41, 5.74) is 0. The second-order valence-corrected chi connectivity index (χ2v) is 12.3. The third-order valence-corrected chi connectivity index (χ3v) is 8.24. The maximum Gasteiger partial charge on any atom is 0.425 e. The number of esters is 2. The molecule has 46 heavy (non-hydrogen) atoms. The highest BCUT2D eigenvalue weighted by Crippen LogP contribution is 2.18. The fraction of sp³-hybridized carbons (Fsp3) is 0.778. The summed E-state index contributed by atoms with van der Waals surface area (Å²) in [5.74, 6) is -2.27. The molecule has 2 aromatic rings. The van der Waals surface area contributed by atoms with Crippen molar-refractivity contribution in [3.05, 3.63) is 24.8 Å². The van der Waals surface area contributed by atoms with Crippen LogP contribution in [0.3, 0.4) is 0 Å². The van der Waals surface area contributed by atoms with Crippen LogP contribution in [-0.4, -0.2) is 56.5 Å². The molecule has 0 aliphatic heterocycles. The molecule has 0 amide bonds. The van der Waals surface area contributed by atoms with E-state index in [1.807, 2.05) is 0 Å². The number of aromatic nitrogens is 4. The van der Waals surface area contributed by atoms with Crippen molar-refractivity contribution in [1.82, 2.24) is 19.1 Å². The molecule has 0 aliphatic rings. The fourth-order valence-electron chi connectivity index (χ4n) is 5.38. The molecule has 0 aliphatic carbocycles. The van der Waals surface area contributed by atoms with Crippen LogP contribution in [0.5, 0.6) is 12.0 Å². The van der Waals surface area contributed by atoms with Crippen molar-refractivity contribution in [1.29, 1.82) is 0 Å². The van der Waals surface area contributed by atoms with Gasteiger partial charge in [-0.25, -0.2) is 19.6 Å². The van der Waals surface area contributed by atoms with Crippen LogP contribution in [0.4, 0.5) is 0 Å². The molecule has 2 aromatic heterocycles. The molecule has 2 heterocycles. The zero-order valence-electron chi connectivity index (χ0n) is 29.3. The Morgan fingerprint density at radius 2 is 0.957 bits per heavy atom. The molecule has 0 bridgehead atoms. The van der Waals surface area contributed by atoms with Gasteiger partial charge in [-0.2, -0.15) is 0 Å². The Morgan fingerprint density at radius 3 is 1.35 bits per heavy atom. The van der Waals surface area contributed by atoms with Crippen LogP contribution in [-0.2, 0) is 32.2 Å². The highest BCUT2D eigenvalue weighted by molar-refractivity contribution is 6.30. The summed E-state index contributed by atoms with van der Waals surface area (Å²) >= 11 is 0. The van der Waals surface area contributed by atoms with Crippen molar-refractivity contribution in [2.75, 3.05) is 13.2 Å². The number of rotatable bonds is 28. The number of carbonyl (C=O) groups is 2. The van der Waals surface area contributed by atoms with Gasteiger partial charge in [0.1, 0.15) is 0 Å². The maximum atomic E-state index is 12.7. The summed E-state index contributed by atoms with van der Waals surface area (Å²) in [6.45, 7) is 11.5. The lowest BCUT2D eigenvalue weighted by molar-refractivity contribution is -0.157. The van der Waals surface area contributed by atoms with Crippen molar-refractivity contribution in [2.45, 2.75) is 169 Å². The minimum Gasteiger partial charge on any atom is -0.383 e. The first-order valence-electron chi connectivity index (χ1n) is 18.2. The van der Waals surface area contributed by atoms with E-state index in [1.54, 1.807) is 33.9 Å². The Hall–Kier alpha value is -2.72. The van der Waals surface area contributed by atoms with Crippen LogP contribution in [0, 0.1) is 0 Å². The molecule has 2 unspecified atom stereocenters. The van der Waals surface area contributed by atoms with Crippen molar-refractivity contribution >= 4 is 11.9 Å². The molecule has 2 rings (SSSR count).